The number of phenolic OH excluding ortho intramolecular Hbond substituents is 1. The molecule has 0 bridgehead atoms. The maximum Gasteiger partial charge on any atom is 0.344 e. The molecule has 0 aliphatic carbocycles. The number of methoxy groups -OCH3 is 1. The van der Waals surface area contributed by atoms with E-state index in [0.717, 1.165) is 0 Å². The van der Waals surface area contributed by atoms with Gasteiger partial charge >= 0.3 is 5.97 Å². The molecule has 1 unspecified atom stereocenters. The third-order valence-electron chi connectivity index (χ3n) is 4.27. The van der Waals surface area contributed by atoms with Crippen LogP contribution in [0.3, 0.4) is 0 Å². The Balaban J connectivity index is 2.56. The fourth-order valence-electron chi connectivity index (χ4n) is 2.68. The van der Waals surface area contributed by atoms with Crippen LogP contribution < -0.4 is 4.74 Å². The molecule has 7 heteroatoms. The number of rotatable bonds is 6. The van der Waals surface area contributed by atoms with E-state index in [1.807, 2.05) is 0 Å². The van der Waals surface area contributed by atoms with Crippen LogP contribution in [0.25, 0.3) is 0 Å². The van der Waals surface area contributed by atoms with Crippen molar-refractivity contribution in [1.29, 1.82) is 0 Å². The lowest BCUT2D eigenvalue weighted by molar-refractivity contribution is -0.177. The lowest BCUT2D eigenvalue weighted by Crippen LogP contribution is -2.41. The predicted octanol–water partition coefficient (Wildman–Crippen LogP) is 1.91. The van der Waals surface area contributed by atoms with Crippen LogP contribution in [-0.2, 0) is 15.9 Å². The van der Waals surface area contributed by atoms with Crippen molar-refractivity contribution in [3.63, 3.8) is 0 Å². The average Bonchev–Trinajstić information content (AvgIpc) is 2.58. The fraction of sp³-hybridized carbons (Fsp3) is 0.444. The smallest absolute Gasteiger partial charge is 0.344 e. The first kappa shape index (κ1) is 19.0. The van der Waals surface area contributed by atoms with Gasteiger partial charge in [-0.2, -0.15) is 0 Å². The number of fused-ring (bicyclic) bond motifs is 1. The van der Waals surface area contributed by atoms with Crippen LogP contribution in [0, 0.1) is 6.92 Å². The molecule has 0 radical (unpaired) electrons. The molecular formula is C18H22O7. The van der Waals surface area contributed by atoms with E-state index in [2.05, 4.69) is 0 Å². The van der Waals surface area contributed by atoms with Crippen LogP contribution in [-0.4, -0.2) is 48.6 Å². The van der Waals surface area contributed by atoms with Crippen LogP contribution in [0.4, 0.5) is 0 Å². The average molecular weight is 350 g/mol. The number of carbonyl (C=O) groups excluding carboxylic acids is 2. The first-order valence-corrected chi connectivity index (χ1v) is 7.79. The normalized spacial score (nSPS) is 20.0. The van der Waals surface area contributed by atoms with Crippen molar-refractivity contribution >= 4 is 12.3 Å². The summed E-state index contributed by atoms with van der Waals surface area (Å²) in [5.74, 6) is -2.06. The van der Waals surface area contributed by atoms with Crippen LogP contribution in [0.15, 0.2) is 11.6 Å². The molecule has 0 saturated heterocycles. The van der Waals surface area contributed by atoms with Gasteiger partial charge in [0.1, 0.15) is 23.7 Å². The number of benzene rings is 1. The summed E-state index contributed by atoms with van der Waals surface area (Å²) in [6.45, 7) is 4.88. The Morgan fingerprint density at radius 2 is 2.12 bits per heavy atom. The summed E-state index contributed by atoms with van der Waals surface area (Å²) in [4.78, 5) is 24.0. The summed E-state index contributed by atoms with van der Waals surface area (Å²) in [6, 6.07) is 0. The van der Waals surface area contributed by atoms with Crippen molar-refractivity contribution in [3.8, 4) is 11.5 Å². The van der Waals surface area contributed by atoms with Gasteiger partial charge in [-0.3, -0.25) is 4.79 Å². The highest BCUT2D eigenvalue weighted by atomic mass is 16.7. The molecule has 25 heavy (non-hydrogen) atoms. The molecule has 1 heterocycles. The maximum atomic E-state index is 12.3. The molecule has 1 aromatic carbocycles. The highest BCUT2D eigenvalue weighted by molar-refractivity contribution is 6.00. The number of aliphatic hydroxyl groups excluding tert-OH is 1. The van der Waals surface area contributed by atoms with Crippen molar-refractivity contribution in [1.82, 2.24) is 0 Å². The second kappa shape index (κ2) is 7.25. The first-order valence-electron chi connectivity index (χ1n) is 7.79. The van der Waals surface area contributed by atoms with E-state index in [1.165, 1.54) is 7.11 Å². The molecule has 1 aliphatic rings. The first-order chi connectivity index (χ1) is 11.8. The summed E-state index contributed by atoms with van der Waals surface area (Å²) in [5.41, 5.74) is 1.46. The quantitative estimate of drug-likeness (QED) is 0.459. The van der Waals surface area contributed by atoms with Crippen molar-refractivity contribution in [2.75, 3.05) is 20.3 Å². The Bertz CT molecular complexity index is 736. The van der Waals surface area contributed by atoms with E-state index < -0.39 is 11.8 Å². The van der Waals surface area contributed by atoms with Gasteiger partial charge in [0.25, 0.3) is 0 Å². The number of aliphatic hydroxyl groups is 1. The molecule has 0 aromatic heterocycles. The van der Waals surface area contributed by atoms with E-state index in [0.29, 0.717) is 17.4 Å². The Kier molecular flexibility index (Phi) is 5.49. The fourth-order valence-corrected chi connectivity index (χ4v) is 2.68. The molecule has 2 rings (SSSR count). The standard InChI is InChI=1S/C18H22O7/c1-10(8-19)5-6-24-16-11(2)15(21)14-12(13(16)9-20)7-18(3,23-4)25-17(14)22/h5,9,19,21H,6-8H2,1-4H3. The van der Waals surface area contributed by atoms with Crippen LogP contribution in [0.2, 0.25) is 0 Å². The topological polar surface area (TPSA) is 102 Å². The third-order valence-corrected chi connectivity index (χ3v) is 4.27. The summed E-state index contributed by atoms with van der Waals surface area (Å²) in [5, 5.41) is 19.4. The van der Waals surface area contributed by atoms with Crippen molar-refractivity contribution in [2.45, 2.75) is 33.0 Å². The van der Waals surface area contributed by atoms with Crippen LogP contribution in [0.1, 0.15) is 45.7 Å². The summed E-state index contributed by atoms with van der Waals surface area (Å²) >= 11 is 0. The Morgan fingerprint density at radius 1 is 1.44 bits per heavy atom. The molecule has 0 fully saturated rings. The predicted molar refractivity (Wildman–Crippen MR) is 89.1 cm³/mol. The minimum absolute atomic E-state index is 0.0384. The number of carbonyl (C=O) groups is 2. The van der Waals surface area contributed by atoms with E-state index in [-0.39, 0.29) is 47.8 Å². The van der Waals surface area contributed by atoms with E-state index in [9.17, 15) is 14.7 Å². The zero-order valence-electron chi connectivity index (χ0n) is 14.7. The number of aromatic hydroxyl groups is 1. The summed E-state index contributed by atoms with van der Waals surface area (Å²) in [7, 11) is 1.40. The number of cyclic esters (lactones) is 1. The molecule has 0 saturated carbocycles. The molecule has 136 valence electrons. The maximum absolute atomic E-state index is 12.3. The zero-order chi connectivity index (χ0) is 18.8. The second-order valence-corrected chi connectivity index (χ2v) is 6.11. The van der Waals surface area contributed by atoms with Gasteiger partial charge in [0.2, 0.25) is 5.79 Å². The van der Waals surface area contributed by atoms with Gasteiger partial charge in [0.05, 0.1) is 12.2 Å². The SMILES string of the molecule is COC1(C)Cc2c(C=O)c(OCC=C(C)CO)c(C)c(O)c2C(=O)O1. The molecule has 0 spiro atoms. The molecule has 0 amide bonds. The Morgan fingerprint density at radius 3 is 2.68 bits per heavy atom. The van der Waals surface area contributed by atoms with Crippen molar-refractivity contribution in [3.05, 3.63) is 33.9 Å². The molecule has 1 atom stereocenters. The molecule has 7 nitrogen and oxygen atoms in total. The zero-order valence-corrected chi connectivity index (χ0v) is 14.7. The van der Waals surface area contributed by atoms with Gasteiger partial charge in [-0.25, -0.2) is 4.79 Å². The molecule has 1 aliphatic heterocycles. The highest BCUT2D eigenvalue weighted by Crippen LogP contribution is 2.42. The monoisotopic (exact) mass is 350 g/mol. The second-order valence-electron chi connectivity index (χ2n) is 6.11. The Labute approximate surface area is 145 Å². The number of hydrogen-bond acceptors (Lipinski definition) is 7. The summed E-state index contributed by atoms with van der Waals surface area (Å²) < 4.78 is 16.1. The molecular weight excluding hydrogens is 328 g/mol. The summed E-state index contributed by atoms with van der Waals surface area (Å²) in [6.07, 6.45) is 2.37. The van der Waals surface area contributed by atoms with E-state index >= 15 is 0 Å². The van der Waals surface area contributed by atoms with Gasteiger partial charge in [0, 0.05) is 26.0 Å². The van der Waals surface area contributed by atoms with Gasteiger partial charge in [0.15, 0.2) is 6.29 Å². The van der Waals surface area contributed by atoms with E-state index in [4.69, 9.17) is 19.3 Å². The number of esters is 1. The third kappa shape index (κ3) is 3.52. The van der Waals surface area contributed by atoms with Gasteiger partial charge < -0.3 is 24.4 Å². The number of ether oxygens (including phenoxy) is 3. The van der Waals surface area contributed by atoms with Crippen LogP contribution >= 0.6 is 0 Å². The van der Waals surface area contributed by atoms with E-state index in [1.54, 1.807) is 26.8 Å². The highest BCUT2D eigenvalue weighted by Gasteiger charge is 2.41. The van der Waals surface area contributed by atoms with Crippen molar-refractivity contribution in [2.24, 2.45) is 0 Å². The van der Waals surface area contributed by atoms with Gasteiger partial charge in [-0.05, 0) is 31.1 Å². The minimum Gasteiger partial charge on any atom is -0.507 e. The molecule has 2 N–H and O–H groups in total. The molecule has 1 aromatic rings. The lowest BCUT2D eigenvalue weighted by Gasteiger charge is -2.34. The minimum atomic E-state index is -1.23. The van der Waals surface area contributed by atoms with Gasteiger partial charge in [-0.1, -0.05) is 0 Å². The number of aldehydes is 1. The number of phenols is 1. The van der Waals surface area contributed by atoms with Crippen molar-refractivity contribution < 1.29 is 34.0 Å². The van der Waals surface area contributed by atoms with Crippen LogP contribution in [0.5, 0.6) is 11.5 Å². The number of hydrogen-bond donors (Lipinski definition) is 2. The largest absolute Gasteiger partial charge is 0.507 e. The Hall–Kier alpha value is -2.38. The van der Waals surface area contributed by atoms with Gasteiger partial charge in [-0.15, -0.1) is 0 Å². The lowest BCUT2D eigenvalue weighted by atomic mass is 9.89.